The van der Waals surface area contributed by atoms with E-state index >= 15 is 0 Å². The van der Waals surface area contributed by atoms with Gasteiger partial charge in [0.25, 0.3) is 0 Å². The molecule has 5 nitrogen and oxygen atoms in total. The Kier molecular flexibility index (Phi) is 5.39. The lowest BCUT2D eigenvalue weighted by atomic mass is 10.1. The van der Waals surface area contributed by atoms with Crippen molar-refractivity contribution in [2.24, 2.45) is 5.92 Å². The van der Waals surface area contributed by atoms with Gasteiger partial charge in [-0.3, -0.25) is 9.59 Å². The molecule has 2 aromatic carbocycles. The molecule has 3 rings (SSSR count). The number of halogens is 2. The second-order valence-corrected chi connectivity index (χ2v) is 6.96. The Bertz CT molecular complexity index is 870. The number of hydrogen-bond donors (Lipinski definition) is 1. The minimum Gasteiger partial charge on any atom is -0.495 e. The highest BCUT2D eigenvalue weighted by molar-refractivity contribution is 6.44. The van der Waals surface area contributed by atoms with Gasteiger partial charge >= 0.3 is 0 Å². The number of anilines is 2. The average molecular weight is 393 g/mol. The standard InChI is InChI=1S/C19H18Cl2N2O3/c1-11-6-7-16(26-2)14(8-11)22-19(25)12-9-17(24)23(10-12)15-5-3-4-13(20)18(15)21/h3-8,12H,9-10H2,1-2H3,(H,22,25). The first-order valence-corrected chi connectivity index (χ1v) is 8.86. The molecule has 1 unspecified atom stereocenters. The number of rotatable bonds is 4. The van der Waals surface area contributed by atoms with Crippen LogP contribution in [-0.2, 0) is 9.59 Å². The van der Waals surface area contributed by atoms with Crippen LogP contribution < -0.4 is 15.0 Å². The van der Waals surface area contributed by atoms with Crippen LogP contribution in [0.5, 0.6) is 5.75 Å². The van der Waals surface area contributed by atoms with E-state index in [0.29, 0.717) is 27.2 Å². The summed E-state index contributed by atoms with van der Waals surface area (Å²) in [6.07, 6.45) is 0.114. The summed E-state index contributed by atoms with van der Waals surface area (Å²) in [6.45, 7) is 2.18. The molecule has 1 fully saturated rings. The van der Waals surface area contributed by atoms with Crippen molar-refractivity contribution in [3.8, 4) is 5.75 Å². The van der Waals surface area contributed by atoms with Crippen LogP contribution in [0.1, 0.15) is 12.0 Å². The molecular formula is C19H18Cl2N2O3. The van der Waals surface area contributed by atoms with Crippen molar-refractivity contribution in [2.75, 3.05) is 23.9 Å². The fraction of sp³-hybridized carbons (Fsp3) is 0.263. The Hall–Kier alpha value is -2.24. The van der Waals surface area contributed by atoms with Gasteiger partial charge < -0.3 is 15.0 Å². The first-order chi connectivity index (χ1) is 12.4. The number of methoxy groups -OCH3 is 1. The molecule has 1 heterocycles. The molecule has 1 saturated heterocycles. The third-order valence-corrected chi connectivity index (χ3v) is 5.14. The van der Waals surface area contributed by atoms with Gasteiger partial charge in [0.05, 0.1) is 34.4 Å². The maximum absolute atomic E-state index is 12.7. The number of ether oxygens (including phenoxy) is 1. The van der Waals surface area contributed by atoms with Crippen LogP contribution in [0.2, 0.25) is 10.0 Å². The molecule has 2 amide bonds. The SMILES string of the molecule is COc1ccc(C)cc1NC(=O)C1CC(=O)N(c2cccc(Cl)c2Cl)C1. The fourth-order valence-electron chi connectivity index (χ4n) is 2.97. The number of nitrogens with zero attached hydrogens (tertiary/aromatic N) is 1. The van der Waals surface area contributed by atoms with Crippen LogP contribution >= 0.6 is 23.2 Å². The minimum absolute atomic E-state index is 0.114. The van der Waals surface area contributed by atoms with E-state index in [1.54, 1.807) is 31.4 Å². The van der Waals surface area contributed by atoms with Crippen molar-refractivity contribution >= 4 is 46.4 Å². The second-order valence-electron chi connectivity index (χ2n) is 6.17. The van der Waals surface area contributed by atoms with E-state index < -0.39 is 5.92 Å². The number of carbonyl (C=O) groups is 2. The topological polar surface area (TPSA) is 58.6 Å². The normalized spacial score (nSPS) is 16.7. The van der Waals surface area contributed by atoms with E-state index in [1.807, 2.05) is 19.1 Å². The molecule has 0 aliphatic carbocycles. The van der Waals surface area contributed by atoms with Crippen molar-refractivity contribution in [3.63, 3.8) is 0 Å². The number of benzene rings is 2. The molecule has 0 saturated carbocycles. The number of nitrogens with one attached hydrogen (secondary N) is 1. The summed E-state index contributed by atoms with van der Waals surface area (Å²) >= 11 is 12.2. The lowest BCUT2D eigenvalue weighted by Gasteiger charge is -2.19. The third-order valence-electron chi connectivity index (χ3n) is 4.33. The second kappa shape index (κ2) is 7.56. The summed E-state index contributed by atoms with van der Waals surface area (Å²) in [7, 11) is 1.54. The first-order valence-electron chi connectivity index (χ1n) is 8.10. The molecule has 2 aromatic rings. The Morgan fingerprint density at radius 3 is 2.77 bits per heavy atom. The van der Waals surface area contributed by atoms with Gasteiger partial charge in [0.2, 0.25) is 11.8 Å². The van der Waals surface area contributed by atoms with Crippen LogP contribution in [0, 0.1) is 12.8 Å². The Morgan fingerprint density at radius 1 is 1.27 bits per heavy atom. The highest BCUT2D eigenvalue weighted by atomic mass is 35.5. The van der Waals surface area contributed by atoms with Gasteiger partial charge in [0.15, 0.2) is 0 Å². The summed E-state index contributed by atoms with van der Waals surface area (Å²) < 4.78 is 5.28. The van der Waals surface area contributed by atoms with Crippen molar-refractivity contribution in [1.29, 1.82) is 0 Å². The number of carbonyl (C=O) groups excluding carboxylic acids is 2. The van der Waals surface area contributed by atoms with Crippen LogP contribution in [0.15, 0.2) is 36.4 Å². The zero-order valence-corrected chi connectivity index (χ0v) is 15.9. The summed E-state index contributed by atoms with van der Waals surface area (Å²) in [6, 6.07) is 10.6. The molecule has 1 atom stereocenters. The summed E-state index contributed by atoms with van der Waals surface area (Å²) in [5, 5.41) is 3.54. The summed E-state index contributed by atoms with van der Waals surface area (Å²) in [5.74, 6) is -0.306. The molecule has 1 aliphatic rings. The quantitative estimate of drug-likeness (QED) is 0.843. The van der Waals surface area contributed by atoms with Gasteiger partial charge in [-0.2, -0.15) is 0 Å². The summed E-state index contributed by atoms with van der Waals surface area (Å²) in [4.78, 5) is 26.6. The van der Waals surface area contributed by atoms with Crippen molar-refractivity contribution in [3.05, 3.63) is 52.0 Å². The first kappa shape index (κ1) is 18.5. The molecule has 7 heteroatoms. The van der Waals surface area contributed by atoms with Crippen LogP contribution in [0.25, 0.3) is 0 Å². The van der Waals surface area contributed by atoms with Crippen LogP contribution in [-0.4, -0.2) is 25.5 Å². The Balaban J connectivity index is 1.77. The zero-order valence-electron chi connectivity index (χ0n) is 14.4. The lowest BCUT2D eigenvalue weighted by molar-refractivity contribution is -0.122. The predicted molar refractivity (Wildman–Crippen MR) is 103 cm³/mol. The van der Waals surface area contributed by atoms with Crippen molar-refractivity contribution < 1.29 is 14.3 Å². The van der Waals surface area contributed by atoms with Gasteiger partial charge in [-0.05, 0) is 36.8 Å². The van der Waals surface area contributed by atoms with Crippen LogP contribution in [0.3, 0.4) is 0 Å². The molecule has 136 valence electrons. The molecular weight excluding hydrogens is 375 g/mol. The zero-order chi connectivity index (χ0) is 18.8. The van der Waals surface area contributed by atoms with E-state index in [4.69, 9.17) is 27.9 Å². The maximum atomic E-state index is 12.7. The van der Waals surface area contributed by atoms with E-state index in [1.165, 1.54) is 4.90 Å². The van der Waals surface area contributed by atoms with E-state index in [9.17, 15) is 9.59 Å². The Labute approximate surface area is 161 Å². The molecule has 1 N–H and O–H groups in total. The molecule has 26 heavy (non-hydrogen) atoms. The smallest absolute Gasteiger partial charge is 0.229 e. The molecule has 0 bridgehead atoms. The van der Waals surface area contributed by atoms with Gasteiger partial charge in [0, 0.05) is 13.0 Å². The van der Waals surface area contributed by atoms with Crippen LogP contribution in [0.4, 0.5) is 11.4 Å². The van der Waals surface area contributed by atoms with Gasteiger partial charge in [-0.1, -0.05) is 35.3 Å². The predicted octanol–water partition coefficient (Wildman–Crippen LogP) is 4.30. The molecule has 1 aliphatic heterocycles. The molecule has 0 aromatic heterocycles. The van der Waals surface area contributed by atoms with Gasteiger partial charge in [0.1, 0.15) is 5.75 Å². The minimum atomic E-state index is -0.484. The Morgan fingerprint density at radius 2 is 2.04 bits per heavy atom. The molecule has 0 radical (unpaired) electrons. The van der Waals surface area contributed by atoms with E-state index in [-0.39, 0.29) is 24.8 Å². The highest BCUT2D eigenvalue weighted by Crippen LogP contribution is 2.36. The van der Waals surface area contributed by atoms with Crippen molar-refractivity contribution in [2.45, 2.75) is 13.3 Å². The van der Waals surface area contributed by atoms with Crippen molar-refractivity contribution in [1.82, 2.24) is 0 Å². The maximum Gasteiger partial charge on any atom is 0.229 e. The average Bonchev–Trinajstić information content (AvgIpc) is 2.99. The summed E-state index contributed by atoms with van der Waals surface area (Å²) in [5.41, 5.74) is 2.10. The number of aryl methyl sites for hydroxylation is 1. The fourth-order valence-corrected chi connectivity index (χ4v) is 3.37. The van der Waals surface area contributed by atoms with E-state index in [0.717, 1.165) is 5.56 Å². The lowest BCUT2D eigenvalue weighted by Crippen LogP contribution is -2.28. The monoisotopic (exact) mass is 392 g/mol. The largest absolute Gasteiger partial charge is 0.495 e. The third kappa shape index (κ3) is 3.64. The van der Waals surface area contributed by atoms with E-state index in [2.05, 4.69) is 5.32 Å². The van der Waals surface area contributed by atoms with Gasteiger partial charge in [-0.25, -0.2) is 0 Å². The van der Waals surface area contributed by atoms with Gasteiger partial charge in [-0.15, -0.1) is 0 Å². The molecule has 0 spiro atoms. The number of hydrogen-bond acceptors (Lipinski definition) is 3. The number of amides is 2. The highest BCUT2D eigenvalue weighted by Gasteiger charge is 2.36.